The number of pyridine rings is 1. The van der Waals surface area contributed by atoms with Gasteiger partial charge in [-0.25, -0.2) is 4.98 Å². The average molecular weight is 458 g/mol. The number of halogens is 2. The van der Waals surface area contributed by atoms with E-state index in [1.165, 1.54) is 0 Å². The Morgan fingerprint density at radius 1 is 0.839 bits per heavy atom. The van der Waals surface area contributed by atoms with Crippen LogP contribution in [0.1, 0.15) is 5.56 Å². The first-order valence-electron chi connectivity index (χ1n) is 10.2. The third-order valence-corrected chi connectivity index (χ3v) is 6.29. The van der Waals surface area contributed by atoms with Crippen molar-refractivity contribution in [1.82, 2.24) is 9.88 Å². The topological polar surface area (TPSA) is 37.8 Å². The SMILES string of the molecule is COc1ccc(-c2ccc(CN3CCN(c4ccc(Cl)c(Cl)c4)CC3)c(OC)n2)cc1. The Kier molecular flexibility index (Phi) is 6.86. The van der Waals surface area contributed by atoms with E-state index < -0.39 is 0 Å². The molecule has 4 rings (SSSR count). The quantitative estimate of drug-likeness (QED) is 0.495. The van der Waals surface area contributed by atoms with Gasteiger partial charge in [-0.1, -0.05) is 29.3 Å². The number of piperazine rings is 1. The van der Waals surface area contributed by atoms with E-state index in [0.717, 1.165) is 61.0 Å². The molecule has 0 bridgehead atoms. The maximum atomic E-state index is 6.18. The fraction of sp³-hybridized carbons (Fsp3) is 0.292. The second-order valence-corrected chi connectivity index (χ2v) is 8.27. The van der Waals surface area contributed by atoms with Gasteiger partial charge in [0, 0.05) is 49.5 Å². The summed E-state index contributed by atoms with van der Waals surface area (Å²) in [4.78, 5) is 9.49. The van der Waals surface area contributed by atoms with Crippen LogP contribution in [0.25, 0.3) is 11.3 Å². The maximum Gasteiger partial charge on any atom is 0.218 e. The molecule has 3 aromatic rings. The van der Waals surface area contributed by atoms with Crippen LogP contribution < -0.4 is 14.4 Å². The normalized spacial score (nSPS) is 14.5. The van der Waals surface area contributed by atoms with Gasteiger partial charge in [-0.15, -0.1) is 0 Å². The Hall–Kier alpha value is -2.47. The fourth-order valence-corrected chi connectivity index (χ4v) is 4.07. The van der Waals surface area contributed by atoms with Crippen molar-refractivity contribution >= 4 is 28.9 Å². The van der Waals surface area contributed by atoms with Crippen LogP contribution in [-0.4, -0.2) is 50.3 Å². The number of ether oxygens (including phenoxy) is 2. The minimum absolute atomic E-state index is 0.585. The number of nitrogens with zero attached hydrogens (tertiary/aromatic N) is 3. The summed E-state index contributed by atoms with van der Waals surface area (Å²) >= 11 is 12.2. The minimum atomic E-state index is 0.585. The van der Waals surface area contributed by atoms with E-state index in [2.05, 4.69) is 15.9 Å². The van der Waals surface area contributed by atoms with Gasteiger partial charge in [0.2, 0.25) is 5.88 Å². The van der Waals surface area contributed by atoms with Gasteiger partial charge >= 0.3 is 0 Å². The Bertz CT molecular complexity index is 1040. The first-order valence-corrected chi connectivity index (χ1v) is 10.9. The van der Waals surface area contributed by atoms with Gasteiger partial charge in [-0.3, -0.25) is 4.90 Å². The van der Waals surface area contributed by atoms with Crippen molar-refractivity contribution in [1.29, 1.82) is 0 Å². The molecule has 1 aliphatic rings. The highest BCUT2D eigenvalue weighted by atomic mass is 35.5. The summed E-state index contributed by atoms with van der Waals surface area (Å²) in [6.07, 6.45) is 0. The summed E-state index contributed by atoms with van der Waals surface area (Å²) in [7, 11) is 3.33. The molecule has 1 fully saturated rings. The summed E-state index contributed by atoms with van der Waals surface area (Å²) in [5.41, 5.74) is 4.11. The summed E-state index contributed by atoms with van der Waals surface area (Å²) < 4.78 is 10.8. The van der Waals surface area contributed by atoms with E-state index in [-0.39, 0.29) is 0 Å². The van der Waals surface area contributed by atoms with Crippen molar-refractivity contribution in [2.75, 3.05) is 45.3 Å². The third kappa shape index (κ3) is 5.06. The highest BCUT2D eigenvalue weighted by molar-refractivity contribution is 6.42. The van der Waals surface area contributed by atoms with E-state index in [1.54, 1.807) is 14.2 Å². The Balaban J connectivity index is 1.41. The average Bonchev–Trinajstić information content (AvgIpc) is 2.82. The molecule has 2 heterocycles. The molecule has 0 radical (unpaired) electrons. The van der Waals surface area contributed by atoms with Gasteiger partial charge in [0.1, 0.15) is 5.75 Å². The second-order valence-electron chi connectivity index (χ2n) is 7.46. The lowest BCUT2D eigenvalue weighted by molar-refractivity contribution is 0.245. The highest BCUT2D eigenvalue weighted by Crippen LogP contribution is 2.29. The van der Waals surface area contributed by atoms with Crippen LogP contribution in [0, 0.1) is 0 Å². The Labute approximate surface area is 193 Å². The van der Waals surface area contributed by atoms with Gasteiger partial charge in [-0.2, -0.15) is 0 Å². The number of rotatable bonds is 6. The zero-order valence-electron chi connectivity index (χ0n) is 17.6. The number of hydrogen-bond donors (Lipinski definition) is 0. The summed E-state index contributed by atoms with van der Waals surface area (Å²) in [6, 6.07) is 17.8. The molecule has 0 unspecified atom stereocenters. The lowest BCUT2D eigenvalue weighted by Crippen LogP contribution is -2.46. The molecule has 1 aromatic heterocycles. The van der Waals surface area contributed by atoms with Gasteiger partial charge in [0.05, 0.1) is 30.0 Å². The van der Waals surface area contributed by atoms with Crippen LogP contribution in [0.3, 0.4) is 0 Å². The highest BCUT2D eigenvalue weighted by Gasteiger charge is 2.20. The Morgan fingerprint density at radius 3 is 2.23 bits per heavy atom. The van der Waals surface area contributed by atoms with Crippen LogP contribution >= 0.6 is 23.2 Å². The molecular weight excluding hydrogens is 433 g/mol. The number of benzene rings is 2. The zero-order valence-corrected chi connectivity index (χ0v) is 19.2. The van der Waals surface area contributed by atoms with Crippen molar-refractivity contribution in [3.05, 3.63) is 70.2 Å². The van der Waals surface area contributed by atoms with Crippen molar-refractivity contribution in [3.8, 4) is 22.9 Å². The number of aromatic nitrogens is 1. The molecule has 1 aliphatic heterocycles. The smallest absolute Gasteiger partial charge is 0.218 e. The van der Waals surface area contributed by atoms with E-state index in [1.807, 2.05) is 48.5 Å². The van der Waals surface area contributed by atoms with Gasteiger partial charge < -0.3 is 14.4 Å². The molecular formula is C24H25Cl2N3O2. The molecule has 2 aromatic carbocycles. The molecule has 31 heavy (non-hydrogen) atoms. The lowest BCUT2D eigenvalue weighted by atomic mass is 10.1. The number of methoxy groups -OCH3 is 2. The molecule has 0 aliphatic carbocycles. The summed E-state index contributed by atoms with van der Waals surface area (Å²) in [6.45, 7) is 4.55. The molecule has 0 N–H and O–H groups in total. The van der Waals surface area contributed by atoms with Crippen molar-refractivity contribution in [2.24, 2.45) is 0 Å². The van der Waals surface area contributed by atoms with Crippen LogP contribution in [0.2, 0.25) is 10.0 Å². The van der Waals surface area contributed by atoms with Gasteiger partial charge in [-0.05, 0) is 48.5 Å². The zero-order chi connectivity index (χ0) is 21.8. The largest absolute Gasteiger partial charge is 0.497 e. The fourth-order valence-electron chi connectivity index (χ4n) is 3.78. The monoisotopic (exact) mass is 457 g/mol. The molecule has 0 saturated carbocycles. The second kappa shape index (κ2) is 9.77. The standard InChI is InChI=1S/C24H25Cl2N3O2/c1-30-20-7-3-17(4-8-20)23-10-5-18(24(27-23)31-2)16-28-11-13-29(14-12-28)19-6-9-21(25)22(26)15-19/h3-10,15H,11-14,16H2,1-2H3. The van der Waals surface area contributed by atoms with E-state index in [9.17, 15) is 0 Å². The molecule has 162 valence electrons. The predicted molar refractivity (Wildman–Crippen MR) is 127 cm³/mol. The first kappa shape index (κ1) is 21.8. The lowest BCUT2D eigenvalue weighted by Gasteiger charge is -2.36. The molecule has 5 nitrogen and oxygen atoms in total. The van der Waals surface area contributed by atoms with Crippen LogP contribution in [0.4, 0.5) is 5.69 Å². The van der Waals surface area contributed by atoms with Crippen molar-refractivity contribution in [2.45, 2.75) is 6.54 Å². The molecule has 0 atom stereocenters. The van der Waals surface area contributed by atoms with Crippen molar-refractivity contribution < 1.29 is 9.47 Å². The van der Waals surface area contributed by atoms with Crippen LogP contribution in [-0.2, 0) is 6.54 Å². The third-order valence-electron chi connectivity index (χ3n) is 5.55. The molecule has 1 saturated heterocycles. The Morgan fingerprint density at radius 2 is 1.58 bits per heavy atom. The first-order chi connectivity index (χ1) is 15.1. The number of anilines is 1. The van der Waals surface area contributed by atoms with Crippen LogP contribution in [0.15, 0.2) is 54.6 Å². The summed E-state index contributed by atoms with van der Waals surface area (Å²) in [5.74, 6) is 1.49. The molecule has 7 heteroatoms. The van der Waals surface area contributed by atoms with E-state index in [0.29, 0.717) is 15.9 Å². The summed E-state index contributed by atoms with van der Waals surface area (Å²) in [5, 5.41) is 1.18. The number of hydrogen-bond acceptors (Lipinski definition) is 5. The minimum Gasteiger partial charge on any atom is -0.497 e. The molecule has 0 amide bonds. The van der Waals surface area contributed by atoms with Gasteiger partial charge in [0.25, 0.3) is 0 Å². The van der Waals surface area contributed by atoms with Crippen LogP contribution in [0.5, 0.6) is 11.6 Å². The van der Waals surface area contributed by atoms with Crippen molar-refractivity contribution in [3.63, 3.8) is 0 Å². The van der Waals surface area contributed by atoms with Gasteiger partial charge in [0.15, 0.2) is 0 Å². The molecule has 0 spiro atoms. The van der Waals surface area contributed by atoms with E-state index >= 15 is 0 Å². The predicted octanol–water partition coefficient (Wildman–Crippen LogP) is 5.39. The van der Waals surface area contributed by atoms with E-state index in [4.69, 9.17) is 37.7 Å². The maximum absolute atomic E-state index is 6.18.